The summed E-state index contributed by atoms with van der Waals surface area (Å²) in [5.41, 5.74) is 0. The topological polar surface area (TPSA) is 54.7 Å². The van der Waals surface area contributed by atoms with Crippen molar-refractivity contribution < 1.29 is 4.74 Å². The molecule has 80 valence electrons. The van der Waals surface area contributed by atoms with E-state index in [9.17, 15) is 0 Å². The number of nitrogens with zero attached hydrogens (tertiary/aromatic N) is 4. The quantitative estimate of drug-likeness (QED) is 0.648. The van der Waals surface area contributed by atoms with Crippen molar-refractivity contribution in [2.24, 2.45) is 4.99 Å². The molecule has 3 heterocycles. The highest BCUT2D eigenvalue weighted by atomic mass is 16.5. The largest absolute Gasteiger partial charge is 0.378 e. The first-order valence-electron chi connectivity index (χ1n) is 5.09. The molecule has 0 radical (unpaired) electrons. The fraction of sp³-hybridized carbons (Fsp3) is 0.556. The SMILES string of the molecule is c1cn2c(n1)NC(N1CCOCC1)=NC2. The summed E-state index contributed by atoms with van der Waals surface area (Å²) in [6, 6.07) is 0. The Morgan fingerprint density at radius 2 is 2.20 bits per heavy atom. The summed E-state index contributed by atoms with van der Waals surface area (Å²) < 4.78 is 7.28. The lowest BCUT2D eigenvalue weighted by atomic mass is 10.4. The van der Waals surface area contributed by atoms with E-state index in [4.69, 9.17) is 4.74 Å². The van der Waals surface area contributed by atoms with Crippen molar-refractivity contribution in [2.45, 2.75) is 6.67 Å². The van der Waals surface area contributed by atoms with Crippen molar-refractivity contribution in [1.29, 1.82) is 0 Å². The fourth-order valence-corrected chi connectivity index (χ4v) is 1.78. The van der Waals surface area contributed by atoms with Crippen molar-refractivity contribution in [3.8, 4) is 0 Å². The van der Waals surface area contributed by atoms with Crippen LogP contribution in [0.2, 0.25) is 0 Å². The smallest absolute Gasteiger partial charge is 0.211 e. The van der Waals surface area contributed by atoms with Gasteiger partial charge in [0.2, 0.25) is 11.9 Å². The Morgan fingerprint density at radius 1 is 1.33 bits per heavy atom. The van der Waals surface area contributed by atoms with E-state index in [1.807, 2.05) is 10.8 Å². The van der Waals surface area contributed by atoms with E-state index in [0.717, 1.165) is 38.2 Å². The number of nitrogens with one attached hydrogen (secondary N) is 1. The molecule has 0 unspecified atom stereocenters. The lowest BCUT2D eigenvalue weighted by molar-refractivity contribution is 0.0677. The van der Waals surface area contributed by atoms with E-state index < -0.39 is 0 Å². The van der Waals surface area contributed by atoms with E-state index in [2.05, 4.69) is 20.2 Å². The van der Waals surface area contributed by atoms with Crippen molar-refractivity contribution in [3.05, 3.63) is 12.4 Å². The lowest BCUT2D eigenvalue weighted by Crippen LogP contribution is -2.45. The van der Waals surface area contributed by atoms with Gasteiger partial charge in [0.1, 0.15) is 6.67 Å². The average molecular weight is 207 g/mol. The molecule has 0 bridgehead atoms. The summed E-state index contributed by atoms with van der Waals surface area (Å²) in [5, 5.41) is 3.22. The minimum absolute atomic E-state index is 0.648. The van der Waals surface area contributed by atoms with Crippen molar-refractivity contribution in [3.63, 3.8) is 0 Å². The zero-order valence-electron chi connectivity index (χ0n) is 8.39. The number of fused-ring (bicyclic) bond motifs is 1. The number of guanidine groups is 1. The Morgan fingerprint density at radius 3 is 3.07 bits per heavy atom. The van der Waals surface area contributed by atoms with Gasteiger partial charge in [0.25, 0.3) is 0 Å². The number of imidazole rings is 1. The number of morpholine rings is 1. The zero-order valence-corrected chi connectivity index (χ0v) is 8.39. The third-order valence-corrected chi connectivity index (χ3v) is 2.62. The van der Waals surface area contributed by atoms with Crippen LogP contribution in [0.15, 0.2) is 17.4 Å². The number of hydrogen-bond acceptors (Lipinski definition) is 5. The van der Waals surface area contributed by atoms with E-state index >= 15 is 0 Å². The maximum atomic E-state index is 5.30. The lowest BCUT2D eigenvalue weighted by Gasteiger charge is -2.31. The highest BCUT2D eigenvalue weighted by Gasteiger charge is 2.19. The number of rotatable bonds is 0. The third-order valence-electron chi connectivity index (χ3n) is 2.62. The highest BCUT2D eigenvalue weighted by molar-refractivity contribution is 5.93. The van der Waals surface area contributed by atoms with Gasteiger partial charge in [-0.1, -0.05) is 0 Å². The summed E-state index contributed by atoms with van der Waals surface area (Å²) in [7, 11) is 0. The van der Waals surface area contributed by atoms with Gasteiger partial charge in [-0.25, -0.2) is 9.98 Å². The number of anilines is 1. The van der Waals surface area contributed by atoms with Crippen molar-refractivity contribution in [2.75, 3.05) is 31.6 Å². The standard InChI is InChI=1S/C9H13N5O/c1-2-14-7-11-9(12-8(14)10-1)13-3-5-15-6-4-13/h1-2H,3-7H2,(H,10,11,12). The molecule has 1 fully saturated rings. The van der Waals surface area contributed by atoms with E-state index in [-0.39, 0.29) is 0 Å². The Labute approximate surface area is 87.6 Å². The van der Waals surface area contributed by atoms with Crippen LogP contribution in [0.3, 0.4) is 0 Å². The van der Waals surface area contributed by atoms with Crippen LogP contribution in [0.4, 0.5) is 5.95 Å². The summed E-state index contributed by atoms with van der Waals surface area (Å²) >= 11 is 0. The summed E-state index contributed by atoms with van der Waals surface area (Å²) in [6.07, 6.45) is 3.70. The predicted octanol–water partition coefficient (Wildman–Crippen LogP) is -0.0457. The fourth-order valence-electron chi connectivity index (χ4n) is 1.78. The number of aromatic nitrogens is 2. The average Bonchev–Trinajstić information content (AvgIpc) is 2.77. The predicted molar refractivity (Wildman–Crippen MR) is 55.7 cm³/mol. The molecule has 3 rings (SSSR count). The first kappa shape index (κ1) is 8.72. The van der Waals surface area contributed by atoms with Crippen LogP contribution < -0.4 is 5.32 Å². The first-order chi connectivity index (χ1) is 7.43. The highest BCUT2D eigenvalue weighted by Crippen LogP contribution is 2.11. The second kappa shape index (κ2) is 3.54. The Balaban J connectivity index is 1.75. The Bertz CT molecular complexity index is 380. The molecule has 0 amide bonds. The minimum atomic E-state index is 0.648. The Hall–Kier alpha value is -1.56. The normalized spacial score (nSPS) is 20.5. The molecule has 2 aliphatic rings. The van der Waals surface area contributed by atoms with E-state index in [0.29, 0.717) is 6.67 Å². The van der Waals surface area contributed by atoms with Gasteiger partial charge in [-0.05, 0) is 0 Å². The molecule has 0 aromatic carbocycles. The molecule has 0 aliphatic carbocycles. The maximum absolute atomic E-state index is 5.30. The molecule has 6 nitrogen and oxygen atoms in total. The molecule has 1 N–H and O–H groups in total. The molecule has 6 heteroatoms. The minimum Gasteiger partial charge on any atom is -0.378 e. The summed E-state index contributed by atoms with van der Waals surface area (Å²) in [5.74, 6) is 1.78. The summed E-state index contributed by atoms with van der Waals surface area (Å²) in [4.78, 5) is 10.9. The molecule has 1 saturated heterocycles. The Kier molecular flexibility index (Phi) is 2.06. The molecule has 0 saturated carbocycles. The molecular formula is C9H13N5O. The molecule has 15 heavy (non-hydrogen) atoms. The zero-order chi connectivity index (χ0) is 10.1. The van der Waals surface area contributed by atoms with Gasteiger partial charge in [-0.3, -0.25) is 9.88 Å². The maximum Gasteiger partial charge on any atom is 0.211 e. The molecule has 1 aromatic heterocycles. The van der Waals surface area contributed by atoms with Gasteiger partial charge >= 0.3 is 0 Å². The van der Waals surface area contributed by atoms with Crippen LogP contribution in [-0.2, 0) is 11.4 Å². The van der Waals surface area contributed by atoms with Gasteiger partial charge in [-0.15, -0.1) is 0 Å². The number of hydrogen-bond donors (Lipinski definition) is 1. The van der Waals surface area contributed by atoms with Crippen molar-refractivity contribution >= 4 is 11.9 Å². The number of aliphatic imine (C=N–C) groups is 1. The second-order valence-electron chi connectivity index (χ2n) is 3.57. The van der Waals surface area contributed by atoms with Gasteiger partial charge in [-0.2, -0.15) is 0 Å². The molecular weight excluding hydrogens is 194 g/mol. The first-order valence-corrected chi connectivity index (χ1v) is 5.09. The second-order valence-corrected chi connectivity index (χ2v) is 3.57. The van der Waals surface area contributed by atoms with Crippen LogP contribution >= 0.6 is 0 Å². The molecule has 1 aromatic rings. The van der Waals surface area contributed by atoms with Crippen LogP contribution in [-0.4, -0.2) is 46.7 Å². The van der Waals surface area contributed by atoms with E-state index in [1.165, 1.54) is 0 Å². The third kappa shape index (κ3) is 1.56. The van der Waals surface area contributed by atoms with Crippen LogP contribution in [0.25, 0.3) is 0 Å². The number of ether oxygens (including phenoxy) is 1. The summed E-state index contributed by atoms with van der Waals surface area (Å²) in [6.45, 7) is 3.98. The van der Waals surface area contributed by atoms with Gasteiger partial charge < -0.3 is 9.64 Å². The van der Waals surface area contributed by atoms with Crippen molar-refractivity contribution in [1.82, 2.24) is 14.5 Å². The van der Waals surface area contributed by atoms with Gasteiger partial charge in [0.15, 0.2) is 0 Å². The molecule has 2 aliphatic heterocycles. The molecule has 0 atom stereocenters. The van der Waals surface area contributed by atoms with Crippen LogP contribution in [0.5, 0.6) is 0 Å². The monoisotopic (exact) mass is 207 g/mol. The van der Waals surface area contributed by atoms with E-state index in [1.54, 1.807) is 6.20 Å². The molecule has 0 spiro atoms. The van der Waals surface area contributed by atoms with Gasteiger partial charge in [0, 0.05) is 25.5 Å². The van der Waals surface area contributed by atoms with Gasteiger partial charge in [0.05, 0.1) is 13.2 Å². The van der Waals surface area contributed by atoms with Crippen LogP contribution in [0, 0.1) is 0 Å². The van der Waals surface area contributed by atoms with Crippen LogP contribution in [0.1, 0.15) is 0 Å².